The number of furan rings is 2. The van der Waals surface area contributed by atoms with Gasteiger partial charge < -0.3 is 8.83 Å². The molecule has 0 saturated carbocycles. The Morgan fingerprint density at radius 1 is 0.786 bits per heavy atom. The van der Waals surface area contributed by atoms with Crippen LogP contribution in [0.3, 0.4) is 0 Å². The SMILES string of the molecule is Brc1cocc1SSc1cocc1Br. The van der Waals surface area contributed by atoms with Crippen LogP contribution in [0, 0.1) is 0 Å². The summed E-state index contributed by atoms with van der Waals surface area (Å²) in [4.78, 5) is 2.12. The smallest absolute Gasteiger partial charge is 0.106 e. The van der Waals surface area contributed by atoms with E-state index in [2.05, 4.69) is 31.9 Å². The largest absolute Gasteiger partial charge is 0.470 e. The van der Waals surface area contributed by atoms with E-state index >= 15 is 0 Å². The quantitative estimate of drug-likeness (QED) is 0.707. The van der Waals surface area contributed by atoms with Gasteiger partial charge in [0.2, 0.25) is 0 Å². The zero-order valence-corrected chi connectivity index (χ0v) is 11.5. The van der Waals surface area contributed by atoms with E-state index in [-0.39, 0.29) is 0 Å². The number of halogens is 2. The molecule has 0 aromatic carbocycles. The lowest BCUT2D eigenvalue weighted by molar-refractivity contribution is 0.560. The first-order valence-electron chi connectivity index (χ1n) is 3.55. The van der Waals surface area contributed by atoms with Crippen molar-refractivity contribution in [2.24, 2.45) is 0 Å². The monoisotopic (exact) mass is 354 g/mol. The second-order valence-corrected chi connectivity index (χ2v) is 6.26. The molecule has 74 valence electrons. The predicted octanol–water partition coefficient (Wildman–Crippen LogP) is 5.20. The average Bonchev–Trinajstić information content (AvgIpc) is 2.72. The Labute approximate surface area is 105 Å². The highest BCUT2D eigenvalue weighted by atomic mass is 79.9. The lowest BCUT2D eigenvalue weighted by Gasteiger charge is -1.95. The summed E-state index contributed by atoms with van der Waals surface area (Å²) < 4.78 is 12.0. The summed E-state index contributed by atoms with van der Waals surface area (Å²) >= 11 is 6.77. The number of hydrogen-bond donors (Lipinski definition) is 0. The molecule has 0 amide bonds. The summed E-state index contributed by atoms with van der Waals surface area (Å²) in [6, 6.07) is 0. The fraction of sp³-hybridized carbons (Fsp3) is 0. The Morgan fingerprint density at radius 2 is 1.21 bits per heavy atom. The van der Waals surface area contributed by atoms with Crippen molar-refractivity contribution in [1.29, 1.82) is 0 Å². The average molecular weight is 356 g/mol. The molecule has 0 aliphatic rings. The van der Waals surface area contributed by atoms with Gasteiger partial charge in [-0.1, -0.05) is 0 Å². The van der Waals surface area contributed by atoms with Crippen molar-refractivity contribution < 1.29 is 8.83 Å². The van der Waals surface area contributed by atoms with E-state index in [9.17, 15) is 0 Å². The van der Waals surface area contributed by atoms with Crippen molar-refractivity contribution in [2.75, 3.05) is 0 Å². The second kappa shape index (κ2) is 4.83. The highest BCUT2D eigenvalue weighted by Crippen LogP contribution is 2.43. The first-order valence-corrected chi connectivity index (χ1v) is 7.29. The molecule has 0 saturated heterocycles. The Morgan fingerprint density at radius 3 is 1.50 bits per heavy atom. The Hall–Kier alpha value is 0.220. The molecule has 2 aromatic rings. The van der Waals surface area contributed by atoms with Gasteiger partial charge in [0.15, 0.2) is 0 Å². The van der Waals surface area contributed by atoms with E-state index < -0.39 is 0 Å². The van der Waals surface area contributed by atoms with Crippen LogP contribution in [0.15, 0.2) is 52.6 Å². The Balaban J connectivity index is 2.02. The maximum Gasteiger partial charge on any atom is 0.106 e. The molecule has 2 rings (SSSR count). The minimum Gasteiger partial charge on any atom is -0.470 e. The molecule has 0 aliphatic heterocycles. The normalized spacial score (nSPS) is 10.7. The van der Waals surface area contributed by atoms with Crippen LogP contribution in [0.25, 0.3) is 0 Å². The van der Waals surface area contributed by atoms with Crippen molar-refractivity contribution in [1.82, 2.24) is 0 Å². The van der Waals surface area contributed by atoms with Gasteiger partial charge in [0.25, 0.3) is 0 Å². The maximum absolute atomic E-state index is 5.03. The molecule has 0 spiro atoms. The molecule has 2 nitrogen and oxygen atoms in total. The molecular formula is C8H4Br2O2S2. The van der Waals surface area contributed by atoms with Gasteiger partial charge in [0.05, 0.1) is 18.7 Å². The number of hydrogen-bond acceptors (Lipinski definition) is 4. The van der Waals surface area contributed by atoms with Crippen LogP contribution in [0.4, 0.5) is 0 Å². The molecule has 0 radical (unpaired) electrons. The minimum absolute atomic E-state index is 0.967. The second-order valence-electron chi connectivity index (χ2n) is 2.33. The van der Waals surface area contributed by atoms with E-state index in [4.69, 9.17) is 8.83 Å². The first kappa shape index (κ1) is 10.7. The number of rotatable bonds is 3. The molecule has 0 bridgehead atoms. The van der Waals surface area contributed by atoms with Gasteiger partial charge in [0.1, 0.15) is 25.1 Å². The standard InChI is InChI=1S/C8H4Br2O2S2/c9-5-1-11-3-7(5)13-14-8-4-12-2-6(8)10/h1-4H. The molecule has 0 aliphatic carbocycles. The highest BCUT2D eigenvalue weighted by molar-refractivity contribution is 9.11. The lowest BCUT2D eigenvalue weighted by atomic mass is 10.7. The fourth-order valence-electron chi connectivity index (χ4n) is 0.749. The van der Waals surface area contributed by atoms with Crippen LogP contribution in [-0.2, 0) is 0 Å². The van der Waals surface area contributed by atoms with Crippen LogP contribution < -0.4 is 0 Å². The molecule has 0 unspecified atom stereocenters. The van der Waals surface area contributed by atoms with Crippen LogP contribution in [0.5, 0.6) is 0 Å². The topological polar surface area (TPSA) is 26.3 Å². The molecule has 2 aromatic heterocycles. The lowest BCUT2D eigenvalue weighted by Crippen LogP contribution is -1.62. The fourth-order valence-corrected chi connectivity index (χ4v) is 4.22. The molecule has 0 N–H and O–H groups in total. The third-order valence-electron chi connectivity index (χ3n) is 1.39. The molecule has 6 heteroatoms. The van der Waals surface area contributed by atoms with Crippen LogP contribution in [-0.4, -0.2) is 0 Å². The van der Waals surface area contributed by atoms with Crippen LogP contribution in [0.1, 0.15) is 0 Å². The maximum atomic E-state index is 5.03. The van der Waals surface area contributed by atoms with E-state index in [0.717, 1.165) is 18.7 Å². The Bertz CT molecular complexity index is 384. The van der Waals surface area contributed by atoms with E-state index in [0.29, 0.717) is 0 Å². The van der Waals surface area contributed by atoms with Gasteiger partial charge in [-0.15, -0.1) is 0 Å². The van der Waals surface area contributed by atoms with Gasteiger partial charge in [-0.25, -0.2) is 0 Å². The third kappa shape index (κ3) is 2.42. The zero-order chi connectivity index (χ0) is 9.97. The summed E-state index contributed by atoms with van der Waals surface area (Å²) in [5.74, 6) is 0. The van der Waals surface area contributed by atoms with Gasteiger partial charge in [0, 0.05) is 0 Å². The molecule has 2 heterocycles. The minimum atomic E-state index is 0.967. The van der Waals surface area contributed by atoms with Gasteiger partial charge in [-0.2, -0.15) is 0 Å². The van der Waals surface area contributed by atoms with Crippen molar-refractivity contribution in [3.8, 4) is 0 Å². The summed E-state index contributed by atoms with van der Waals surface area (Å²) in [5.41, 5.74) is 0. The molecular weight excluding hydrogens is 352 g/mol. The molecule has 14 heavy (non-hydrogen) atoms. The van der Waals surface area contributed by atoms with Crippen molar-refractivity contribution in [3.05, 3.63) is 34.0 Å². The van der Waals surface area contributed by atoms with Crippen LogP contribution >= 0.6 is 53.4 Å². The summed E-state index contributed by atoms with van der Waals surface area (Å²) in [7, 11) is 3.22. The van der Waals surface area contributed by atoms with Gasteiger partial charge in [-0.05, 0) is 53.4 Å². The van der Waals surface area contributed by atoms with Crippen molar-refractivity contribution in [2.45, 2.75) is 9.79 Å². The predicted molar refractivity (Wildman–Crippen MR) is 64.5 cm³/mol. The summed E-state index contributed by atoms with van der Waals surface area (Å²) in [6.07, 6.45) is 6.73. The van der Waals surface area contributed by atoms with E-state index in [1.807, 2.05) is 0 Å². The third-order valence-corrected chi connectivity index (χ3v) is 5.54. The summed E-state index contributed by atoms with van der Waals surface area (Å²) in [5, 5.41) is 0. The molecule has 0 fully saturated rings. The van der Waals surface area contributed by atoms with Crippen molar-refractivity contribution >= 4 is 53.4 Å². The summed E-state index contributed by atoms with van der Waals surface area (Å²) in [6.45, 7) is 0. The zero-order valence-electron chi connectivity index (χ0n) is 6.70. The first-order chi connectivity index (χ1) is 6.77. The van der Waals surface area contributed by atoms with Gasteiger partial charge in [-0.3, -0.25) is 0 Å². The Kier molecular flexibility index (Phi) is 3.70. The van der Waals surface area contributed by atoms with E-state index in [1.165, 1.54) is 0 Å². The van der Waals surface area contributed by atoms with Crippen LogP contribution in [0.2, 0.25) is 0 Å². The van der Waals surface area contributed by atoms with Crippen molar-refractivity contribution in [3.63, 3.8) is 0 Å². The van der Waals surface area contributed by atoms with E-state index in [1.54, 1.807) is 46.6 Å². The highest BCUT2D eigenvalue weighted by Gasteiger charge is 2.07. The molecule has 0 atom stereocenters. The van der Waals surface area contributed by atoms with Gasteiger partial charge >= 0.3 is 0 Å².